The molecule has 3 saturated carbocycles. The molecule has 4 aliphatic rings. The maximum atomic E-state index is 13.4. The first-order valence-corrected chi connectivity index (χ1v) is 14.4. The molecule has 4 aliphatic carbocycles. The maximum Gasteiger partial charge on any atom is 0.225 e. The maximum absolute atomic E-state index is 13.4. The van der Waals surface area contributed by atoms with E-state index in [9.17, 15) is 9.90 Å². The minimum atomic E-state index is -0.913. The van der Waals surface area contributed by atoms with Crippen LogP contribution < -0.4 is 0 Å². The molecule has 37 heavy (non-hydrogen) atoms. The number of carbonyl (C=O) groups is 1. The molecule has 0 bridgehead atoms. The van der Waals surface area contributed by atoms with Gasteiger partial charge in [0.15, 0.2) is 6.29 Å². The average Bonchev–Trinajstić information content (AvgIpc) is 3.15. The van der Waals surface area contributed by atoms with E-state index in [4.69, 9.17) is 14.3 Å². The van der Waals surface area contributed by atoms with Gasteiger partial charge in [-0.2, -0.15) is 0 Å². The summed E-state index contributed by atoms with van der Waals surface area (Å²) >= 11 is 0. The minimum Gasteiger partial charge on any atom is -0.399 e. The molecule has 0 spiro atoms. The molecule has 0 aliphatic heterocycles. The van der Waals surface area contributed by atoms with E-state index in [0.29, 0.717) is 24.8 Å². The Morgan fingerprint density at radius 1 is 1.05 bits per heavy atom. The van der Waals surface area contributed by atoms with Crippen molar-refractivity contribution in [3.8, 4) is 0 Å². The zero-order valence-corrected chi connectivity index (χ0v) is 24.4. The Morgan fingerprint density at radius 3 is 2.38 bits per heavy atom. The summed E-state index contributed by atoms with van der Waals surface area (Å²) in [7, 11) is 4.85. The molecule has 0 saturated heterocycles. The predicted octanol–water partition coefficient (Wildman–Crippen LogP) is 5.17. The number of oxime groups is 1. The number of carbonyl (C=O) groups excluding carboxylic acids is 1. The third kappa shape index (κ3) is 4.47. The summed E-state index contributed by atoms with van der Waals surface area (Å²) in [5.74, 6) is 0.885. The van der Waals surface area contributed by atoms with Gasteiger partial charge in [-0.3, -0.25) is 4.79 Å². The highest BCUT2D eigenvalue weighted by atomic mass is 16.7. The van der Waals surface area contributed by atoms with Crippen molar-refractivity contribution in [2.75, 3.05) is 27.9 Å². The van der Waals surface area contributed by atoms with Gasteiger partial charge < -0.3 is 24.3 Å². The fraction of sp³-hybridized carbons (Fsp3) is 0.867. The molecule has 0 radical (unpaired) electrons. The Morgan fingerprint density at radius 2 is 1.76 bits per heavy atom. The topological polar surface area (TPSA) is 80.6 Å². The van der Waals surface area contributed by atoms with Crippen LogP contribution >= 0.6 is 0 Å². The highest BCUT2D eigenvalue weighted by Crippen LogP contribution is 2.67. The van der Waals surface area contributed by atoms with E-state index in [1.807, 2.05) is 18.7 Å². The van der Waals surface area contributed by atoms with Gasteiger partial charge in [0.05, 0.1) is 17.9 Å². The van der Waals surface area contributed by atoms with Crippen molar-refractivity contribution in [2.45, 2.75) is 104 Å². The lowest BCUT2D eigenvalue weighted by molar-refractivity contribution is -0.158. The predicted molar refractivity (Wildman–Crippen MR) is 145 cm³/mol. The highest BCUT2D eigenvalue weighted by Gasteiger charge is 2.66. The standard InChI is InChI=1S/C30H50N2O5/c1-19(2)27(33)32(18-26(35-6)36-7)20(3)21-13-16-30(34)24-17-25(31-37-8)23-11-9-10-14-28(23,4)22(24)12-15-29(21,30)5/h17,19-23,26,34H,9-16,18H2,1-8H3/b31-25+/t20?,21?,22?,23?,28?,29-,30-/m1/s1. The molecule has 0 aromatic rings. The molecule has 0 aromatic heterocycles. The summed E-state index contributed by atoms with van der Waals surface area (Å²) in [5.41, 5.74) is 1.02. The lowest BCUT2D eigenvalue weighted by Crippen LogP contribution is -2.60. The normalized spacial score (nSPS) is 39.2. The van der Waals surface area contributed by atoms with E-state index in [1.165, 1.54) is 24.8 Å². The second-order valence-corrected chi connectivity index (χ2v) is 12.9. The monoisotopic (exact) mass is 518 g/mol. The van der Waals surface area contributed by atoms with Crippen molar-refractivity contribution in [2.24, 2.45) is 39.7 Å². The number of ether oxygens (including phenoxy) is 2. The smallest absolute Gasteiger partial charge is 0.225 e. The number of rotatable bonds is 8. The highest BCUT2D eigenvalue weighted by molar-refractivity contribution is 5.99. The van der Waals surface area contributed by atoms with Gasteiger partial charge in [0.2, 0.25) is 5.91 Å². The van der Waals surface area contributed by atoms with Crippen LogP contribution in [0.4, 0.5) is 0 Å². The molecule has 1 N–H and O–H groups in total. The molecule has 0 aromatic carbocycles. The Kier molecular flexibility index (Phi) is 8.19. The SMILES string of the molecule is CO/N=C1\C=C2C(CC[C@]3(C)C(C(C)N(CC(OC)OC)C(=O)C(C)C)CC[C@@]23O)C2(C)CCCCC12. The van der Waals surface area contributed by atoms with Crippen molar-refractivity contribution < 1.29 is 24.2 Å². The Hall–Kier alpha value is -1.44. The second-order valence-electron chi connectivity index (χ2n) is 12.9. The number of nitrogens with zero attached hydrogens (tertiary/aromatic N) is 2. The van der Waals surface area contributed by atoms with E-state index in [1.54, 1.807) is 21.3 Å². The molecule has 5 unspecified atom stereocenters. The van der Waals surface area contributed by atoms with Gasteiger partial charge in [0.1, 0.15) is 7.11 Å². The number of hydrogen-bond acceptors (Lipinski definition) is 6. The first-order chi connectivity index (χ1) is 17.5. The van der Waals surface area contributed by atoms with Gasteiger partial charge in [-0.15, -0.1) is 0 Å². The molecule has 4 rings (SSSR count). The van der Waals surface area contributed by atoms with Crippen molar-refractivity contribution in [3.05, 3.63) is 11.6 Å². The summed E-state index contributed by atoms with van der Waals surface area (Å²) < 4.78 is 11.0. The first kappa shape index (κ1) is 28.6. The van der Waals surface area contributed by atoms with Crippen LogP contribution in [0.2, 0.25) is 0 Å². The van der Waals surface area contributed by atoms with Crippen molar-refractivity contribution in [1.29, 1.82) is 0 Å². The largest absolute Gasteiger partial charge is 0.399 e. The number of amides is 1. The van der Waals surface area contributed by atoms with Crippen LogP contribution in [-0.2, 0) is 19.1 Å². The van der Waals surface area contributed by atoms with Gasteiger partial charge in [-0.1, -0.05) is 45.7 Å². The summed E-state index contributed by atoms with van der Waals surface area (Å²) in [6.07, 6.45) is 10.1. The third-order valence-electron chi connectivity index (χ3n) is 11.0. The van der Waals surface area contributed by atoms with Crippen LogP contribution in [0.5, 0.6) is 0 Å². The Balaban J connectivity index is 1.71. The van der Waals surface area contributed by atoms with Crippen LogP contribution in [0.3, 0.4) is 0 Å². The number of aliphatic hydroxyl groups is 1. The van der Waals surface area contributed by atoms with Gasteiger partial charge in [0.25, 0.3) is 0 Å². The van der Waals surface area contributed by atoms with Crippen molar-refractivity contribution >= 4 is 11.6 Å². The van der Waals surface area contributed by atoms with Crippen LogP contribution in [0.1, 0.15) is 86.0 Å². The summed E-state index contributed by atoms with van der Waals surface area (Å²) in [6.45, 7) is 11.1. The molecule has 1 amide bonds. The first-order valence-electron chi connectivity index (χ1n) is 14.4. The summed E-state index contributed by atoms with van der Waals surface area (Å²) in [4.78, 5) is 20.7. The number of hydrogen-bond donors (Lipinski definition) is 1. The van der Waals surface area contributed by atoms with E-state index < -0.39 is 11.9 Å². The zero-order chi connectivity index (χ0) is 27.2. The van der Waals surface area contributed by atoms with Gasteiger partial charge in [-0.05, 0) is 74.3 Å². The molecule has 7 heteroatoms. The lowest BCUT2D eigenvalue weighted by Gasteiger charge is -2.60. The fourth-order valence-electron chi connectivity index (χ4n) is 8.84. The van der Waals surface area contributed by atoms with Gasteiger partial charge >= 0.3 is 0 Å². The Bertz CT molecular complexity index is 914. The van der Waals surface area contributed by atoms with Crippen LogP contribution in [0.15, 0.2) is 16.8 Å². The quantitative estimate of drug-likeness (QED) is 0.354. The third-order valence-corrected chi connectivity index (χ3v) is 11.0. The molecule has 210 valence electrons. The number of methoxy groups -OCH3 is 2. The number of fused-ring (bicyclic) bond motifs is 5. The van der Waals surface area contributed by atoms with Crippen molar-refractivity contribution in [1.82, 2.24) is 4.90 Å². The Labute approximate surface area is 224 Å². The molecule has 0 heterocycles. The van der Waals surface area contributed by atoms with Crippen molar-refractivity contribution in [3.63, 3.8) is 0 Å². The molecule has 7 atom stereocenters. The lowest BCUT2D eigenvalue weighted by atomic mass is 9.46. The summed E-state index contributed by atoms with van der Waals surface area (Å²) in [6, 6.07) is -0.0485. The van der Waals surface area contributed by atoms with Gasteiger partial charge in [-0.25, -0.2) is 0 Å². The van der Waals surface area contributed by atoms with Crippen LogP contribution in [0.25, 0.3) is 0 Å². The zero-order valence-electron chi connectivity index (χ0n) is 24.4. The summed E-state index contributed by atoms with van der Waals surface area (Å²) in [5, 5.41) is 17.2. The molecular weight excluding hydrogens is 468 g/mol. The van der Waals surface area contributed by atoms with E-state index >= 15 is 0 Å². The minimum absolute atomic E-state index is 0.0485. The molecule has 3 fully saturated rings. The molecular formula is C30H50N2O5. The molecule has 7 nitrogen and oxygen atoms in total. The fourth-order valence-corrected chi connectivity index (χ4v) is 8.84. The number of allylic oxidation sites excluding steroid dienone is 1. The van der Waals surface area contributed by atoms with Gasteiger partial charge in [0, 0.05) is 37.5 Å². The van der Waals surface area contributed by atoms with Crippen LogP contribution in [-0.4, -0.2) is 67.4 Å². The van der Waals surface area contributed by atoms with E-state index in [0.717, 1.165) is 31.4 Å². The van der Waals surface area contributed by atoms with E-state index in [-0.39, 0.29) is 34.6 Å². The second kappa shape index (κ2) is 10.6. The van der Waals surface area contributed by atoms with E-state index in [2.05, 4.69) is 32.0 Å². The van der Waals surface area contributed by atoms with Crippen LogP contribution in [0, 0.1) is 34.5 Å². The average molecular weight is 519 g/mol.